The molecule has 19 aromatic rings. The van der Waals surface area contributed by atoms with E-state index in [1.807, 2.05) is 97.6 Å². The number of rotatable bonds is 15. The zero-order valence-electron chi connectivity index (χ0n) is 62.4. The minimum atomic E-state index is 0.562. The minimum Gasteiger partial charge on any atom is -0.309 e. The van der Waals surface area contributed by atoms with Gasteiger partial charge in [-0.05, 0) is 222 Å². The van der Waals surface area contributed by atoms with Crippen molar-refractivity contribution >= 4 is 43.6 Å². The highest BCUT2D eigenvalue weighted by Crippen LogP contribution is 2.45. The van der Waals surface area contributed by atoms with Gasteiger partial charge in [0.15, 0.2) is 34.9 Å². The molecule has 6 aromatic heterocycles. The Morgan fingerprint density at radius 3 is 1.06 bits per heavy atom. The number of nitrogens with zero attached hydrogens (tertiary/aromatic N) is 10. The van der Waals surface area contributed by atoms with Crippen LogP contribution in [0.3, 0.4) is 0 Å². The lowest BCUT2D eigenvalue weighted by Gasteiger charge is -2.17. The molecule has 10 nitrogen and oxygen atoms in total. The van der Waals surface area contributed by atoms with Gasteiger partial charge < -0.3 is 9.13 Å². The maximum Gasteiger partial charge on any atom is 0.166 e. The predicted octanol–water partition coefficient (Wildman–Crippen LogP) is 24.8. The van der Waals surface area contributed by atoms with Crippen LogP contribution in [0.5, 0.6) is 0 Å². The van der Waals surface area contributed by atoms with E-state index in [0.717, 1.165) is 127 Å². The van der Waals surface area contributed by atoms with Gasteiger partial charge in [-0.3, -0.25) is 9.97 Å². The zero-order valence-corrected chi connectivity index (χ0v) is 62.4. The molecule has 0 fully saturated rings. The van der Waals surface area contributed by atoms with Gasteiger partial charge in [0.2, 0.25) is 0 Å². The lowest BCUT2D eigenvalue weighted by molar-refractivity contribution is 1.06. The van der Waals surface area contributed by atoms with E-state index in [1.54, 1.807) is 0 Å². The number of aryl methyl sites for hydroxylation is 6. The molecule has 0 N–H and O–H groups in total. The molecule has 0 radical (unpaired) electrons. The molecule has 0 spiro atoms. The van der Waals surface area contributed by atoms with E-state index in [2.05, 4.69) is 291 Å². The molecular weight excluding hydrogens is 1350 g/mol. The van der Waals surface area contributed by atoms with E-state index in [1.165, 1.54) is 61.2 Å². The molecule has 0 unspecified atom stereocenters. The standard InChI is InChI=1S/C101H74N10/c1-62-27-35-81(64(3)51-62)78-30-37-83-84-38-31-79(61-94(84)111(93(83)60-78)92-41-33-77(71-45-49-103-50-46-71)58-88(92)101-108-98(74-23-15-9-16-24-74)105-99(109-101)75-25-17-10-18-26-75)82-36-28-68(54-65(82)4)55-69-29-39-89-85(56-69)86-59-80(95-66(5)52-63(2)53-67(95)6)34-42-90(86)110(89)91-40-32-76(70-43-47-102-48-44-70)57-87(91)100-106-96(72-19-11-7-12-20-72)104-97(107-100)73-21-13-8-14-22-73/h7-54,56-61H,55H2,1-6H3. The fourth-order valence-electron chi connectivity index (χ4n) is 16.5. The Labute approximate surface area is 644 Å². The van der Waals surface area contributed by atoms with E-state index >= 15 is 0 Å². The second kappa shape index (κ2) is 28.2. The van der Waals surface area contributed by atoms with Crippen molar-refractivity contribution in [3.05, 3.63) is 373 Å². The third-order valence-electron chi connectivity index (χ3n) is 21.6. The van der Waals surface area contributed by atoms with Crippen molar-refractivity contribution in [3.63, 3.8) is 0 Å². The summed E-state index contributed by atoms with van der Waals surface area (Å²) in [7, 11) is 0. The first-order valence-electron chi connectivity index (χ1n) is 37.7. The Hall–Kier alpha value is -14.2. The number of fused-ring (bicyclic) bond motifs is 6. The molecule has 528 valence electrons. The SMILES string of the molecule is Cc1ccc(-c2ccc3c4ccc(-c5ccc(Cc6ccc7c(c6)c6cc(-c8c(C)cc(C)cc8C)ccc6n7-c6ccc(-c7ccncc7)cc6-c6nc(-c7ccccc7)nc(-c7ccccc7)n6)cc5C)cc4n(-c4ccc(-c5ccncc5)cc4-c4nc(-c5ccccc5)nc(-c5ccccc5)n4)c3c2)c(C)c1. The van der Waals surface area contributed by atoms with Gasteiger partial charge in [-0.1, -0.05) is 230 Å². The summed E-state index contributed by atoms with van der Waals surface area (Å²) in [6.07, 6.45) is 8.09. The zero-order chi connectivity index (χ0) is 74.8. The fourth-order valence-corrected chi connectivity index (χ4v) is 16.5. The summed E-state index contributed by atoms with van der Waals surface area (Å²) >= 11 is 0. The van der Waals surface area contributed by atoms with E-state index in [9.17, 15) is 0 Å². The van der Waals surface area contributed by atoms with E-state index < -0.39 is 0 Å². The number of aromatic nitrogens is 10. The average molecular weight is 1430 g/mol. The molecule has 13 aromatic carbocycles. The van der Waals surface area contributed by atoms with Crippen LogP contribution in [-0.4, -0.2) is 49.0 Å². The van der Waals surface area contributed by atoms with E-state index in [-0.39, 0.29) is 0 Å². The molecule has 0 aliphatic carbocycles. The summed E-state index contributed by atoms with van der Waals surface area (Å²) in [4.78, 5) is 40.7. The molecular formula is C101H74N10. The van der Waals surface area contributed by atoms with Crippen LogP contribution in [0.15, 0.2) is 328 Å². The van der Waals surface area contributed by atoms with Crippen LogP contribution < -0.4 is 0 Å². The highest BCUT2D eigenvalue weighted by atomic mass is 15.1. The monoisotopic (exact) mass is 1430 g/mol. The summed E-state index contributed by atoms with van der Waals surface area (Å²) in [6.45, 7) is 13.3. The number of benzene rings is 13. The predicted molar refractivity (Wildman–Crippen MR) is 455 cm³/mol. The number of hydrogen-bond donors (Lipinski definition) is 0. The maximum absolute atomic E-state index is 5.42. The molecule has 0 bridgehead atoms. The number of hydrogen-bond acceptors (Lipinski definition) is 8. The molecule has 0 aliphatic rings. The van der Waals surface area contributed by atoms with Crippen LogP contribution in [0, 0.1) is 41.5 Å². The first kappa shape index (κ1) is 67.4. The van der Waals surface area contributed by atoms with Gasteiger partial charge in [0.05, 0.1) is 33.4 Å². The van der Waals surface area contributed by atoms with Crippen LogP contribution >= 0.6 is 0 Å². The summed E-state index contributed by atoms with van der Waals surface area (Å²) in [6, 6.07) is 109. The van der Waals surface area contributed by atoms with Crippen molar-refractivity contribution < 1.29 is 0 Å². The van der Waals surface area contributed by atoms with Crippen molar-refractivity contribution in [2.24, 2.45) is 0 Å². The minimum absolute atomic E-state index is 0.562. The summed E-state index contributed by atoms with van der Waals surface area (Å²) in [5.74, 6) is 3.51. The summed E-state index contributed by atoms with van der Waals surface area (Å²) < 4.78 is 4.86. The van der Waals surface area contributed by atoms with Gasteiger partial charge in [-0.15, -0.1) is 0 Å². The Morgan fingerprint density at radius 2 is 0.604 bits per heavy atom. The van der Waals surface area contributed by atoms with E-state index in [0.29, 0.717) is 41.4 Å². The Bertz CT molecular complexity index is 6690. The van der Waals surface area contributed by atoms with Crippen LogP contribution in [-0.2, 0) is 6.42 Å². The second-order valence-corrected chi connectivity index (χ2v) is 29.1. The van der Waals surface area contributed by atoms with Crippen LogP contribution in [0.25, 0.3) is 179 Å². The van der Waals surface area contributed by atoms with Gasteiger partial charge in [0.1, 0.15) is 0 Å². The second-order valence-electron chi connectivity index (χ2n) is 29.1. The van der Waals surface area contributed by atoms with Crippen LogP contribution in [0.4, 0.5) is 0 Å². The normalized spacial score (nSPS) is 11.5. The number of pyridine rings is 2. The molecule has 19 rings (SSSR count). The van der Waals surface area contributed by atoms with Gasteiger partial charge in [0.25, 0.3) is 0 Å². The van der Waals surface area contributed by atoms with E-state index in [4.69, 9.17) is 29.9 Å². The lowest BCUT2D eigenvalue weighted by atomic mass is 9.92. The maximum atomic E-state index is 5.42. The fraction of sp³-hybridized carbons (Fsp3) is 0.0693. The van der Waals surface area contributed by atoms with Gasteiger partial charge in [-0.25, -0.2) is 29.9 Å². The van der Waals surface area contributed by atoms with Gasteiger partial charge in [0, 0.05) is 79.7 Å². The van der Waals surface area contributed by atoms with Crippen molar-refractivity contribution in [2.45, 2.75) is 48.0 Å². The molecule has 6 heterocycles. The van der Waals surface area contributed by atoms with Crippen molar-refractivity contribution in [2.75, 3.05) is 0 Å². The summed E-state index contributed by atoms with van der Waals surface area (Å²) in [5.41, 5.74) is 32.4. The molecule has 0 aliphatic heterocycles. The van der Waals surface area contributed by atoms with Crippen molar-refractivity contribution in [1.29, 1.82) is 0 Å². The molecule has 0 atom stereocenters. The largest absolute Gasteiger partial charge is 0.309 e. The first-order valence-corrected chi connectivity index (χ1v) is 37.7. The third kappa shape index (κ3) is 12.7. The van der Waals surface area contributed by atoms with Crippen LogP contribution in [0.2, 0.25) is 0 Å². The quantitative estimate of drug-likeness (QED) is 0.0997. The third-order valence-corrected chi connectivity index (χ3v) is 21.6. The highest BCUT2D eigenvalue weighted by molar-refractivity contribution is 6.13. The Balaban J connectivity index is 0.759. The average Bonchev–Trinajstić information content (AvgIpc) is 1.58. The van der Waals surface area contributed by atoms with Gasteiger partial charge >= 0.3 is 0 Å². The first-order chi connectivity index (χ1) is 54.4. The van der Waals surface area contributed by atoms with Crippen LogP contribution in [0.1, 0.15) is 44.5 Å². The topological polar surface area (TPSA) is 113 Å². The molecule has 111 heavy (non-hydrogen) atoms. The summed E-state index contributed by atoms with van der Waals surface area (Å²) in [5, 5.41) is 4.58. The molecule has 0 amide bonds. The molecule has 0 saturated carbocycles. The van der Waals surface area contributed by atoms with Crippen molar-refractivity contribution in [1.82, 2.24) is 49.0 Å². The Morgan fingerprint density at radius 1 is 0.225 bits per heavy atom. The molecule has 10 heteroatoms. The molecule has 0 saturated heterocycles. The smallest absolute Gasteiger partial charge is 0.166 e. The highest BCUT2D eigenvalue weighted by Gasteiger charge is 2.26. The Kier molecular flexibility index (Phi) is 17.1. The van der Waals surface area contributed by atoms with Crippen molar-refractivity contribution in [3.8, 4) is 135 Å². The lowest BCUT2D eigenvalue weighted by Crippen LogP contribution is -2.04. The van der Waals surface area contributed by atoms with Gasteiger partial charge in [-0.2, -0.15) is 0 Å².